The SMILES string of the molecule is CC(C)(C)Cc1cnc2cc3c4c(nccc4c2c1)-c1cc2ccccc2c(CC(C)(C)C)c1S3. The highest BCUT2D eigenvalue weighted by Gasteiger charge is 2.27. The van der Waals surface area contributed by atoms with Gasteiger partial charge in [-0.15, -0.1) is 0 Å². The molecule has 0 spiro atoms. The first kappa shape index (κ1) is 22.5. The Balaban J connectivity index is 1.65. The molecular formula is C32H32N2S. The summed E-state index contributed by atoms with van der Waals surface area (Å²) in [6, 6.07) is 18.0. The minimum Gasteiger partial charge on any atom is -0.256 e. The maximum atomic E-state index is 4.98. The Morgan fingerprint density at radius 1 is 0.771 bits per heavy atom. The number of pyridine rings is 2. The van der Waals surface area contributed by atoms with Crippen molar-refractivity contribution < 1.29 is 0 Å². The number of benzene rings is 3. The number of hydrogen-bond acceptors (Lipinski definition) is 3. The number of nitrogens with zero attached hydrogens (tertiary/aromatic N) is 2. The van der Waals surface area contributed by atoms with Gasteiger partial charge in [0.05, 0.1) is 11.2 Å². The molecule has 176 valence electrons. The molecule has 3 heterocycles. The Morgan fingerprint density at radius 3 is 2.31 bits per heavy atom. The quantitative estimate of drug-likeness (QED) is 0.233. The lowest BCUT2D eigenvalue weighted by Crippen LogP contribution is -2.12. The van der Waals surface area contributed by atoms with Crippen molar-refractivity contribution in [2.24, 2.45) is 10.8 Å². The molecule has 0 radical (unpaired) electrons. The predicted molar refractivity (Wildman–Crippen MR) is 150 cm³/mol. The fourth-order valence-electron chi connectivity index (χ4n) is 5.49. The highest BCUT2D eigenvalue weighted by Crippen LogP contribution is 2.52. The first-order valence-corrected chi connectivity index (χ1v) is 13.3. The third-order valence-corrected chi connectivity index (χ3v) is 7.96. The first-order chi connectivity index (χ1) is 16.6. The van der Waals surface area contributed by atoms with E-state index >= 15 is 0 Å². The summed E-state index contributed by atoms with van der Waals surface area (Å²) < 4.78 is 0. The van der Waals surface area contributed by atoms with Crippen molar-refractivity contribution in [2.45, 2.75) is 64.2 Å². The van der Waals surface area contributed by atoms with Gasteiger partial charge in [-0.2, -0.15) is 0 Å². The molecule has 6 rings (SSSR count). The Labute approximate surface area is 212 Å². The van der Waals surface area contributed by atoms with Crippen molar-refractivity contribution >= 4 is 44.2 Å². The second-order valence-corrected chi connectivity index (χ2v) is 13.4. The number of fused-ring (bicyclic) bond motifs is 5. The smallest absolute Gasteiger partial charge is 0.0803 e. The van der Waals surface area contributed by atoms with Gasteiger partial charge in [-0.05, 0) is 75.2 Å². The van der Waals surface area contributed by atoms with Gasteiger partial charge in [0.1, 0.15) is 0 Å². The molecule has 35 heavy (non-hydrogen) atoms. The van der Waals surface area contributed by atoms with E-state index in [0.717, 1.165) is 24.1 Å². The second-order valence-electron chi connectivity index (χ2n) is 12.4. The van der Waals surface area contributed by atoms with Gasteiger partial charge < -0.3 is 0 Å². The fraction of sp³-hybridized carbons (Fsp3) is 0.312. The number of aromatic nitrogens is 2. The molecule has 2 nitrogen and oxygen atoms in total. The summed E-state index contributed by atoms with van der Waals surface area (Å²) in [4.78, 5) is 12.5. The average molecular weight is 477 g/mol. The van der Waals surface area contributed by atoms with Crippen LogP contribution in [0.5, 0.6) is 0 Å². The van der Waals surface area contributed by atoms with E-state index in [9.17, 15) is 0 Å². The van der Waals surface area contributed by atoms with Crippen molar-refractivity contribution in [1.82, 2.24) is 9.97 Å². The van der Waals surface area contributed by atoms with Crippen molar-refractivity contribution in [3.8, 4) is 11.3 Å². The predicted octanol–water partition coefficient (Wildman–Crippen LogP) is 9.24. The number of hydrogen-bond donors (Lipinski definition) is 0. The average Bonchev–Trinajstić information content (AvgIpc) is 2.78. The van der Waals surface area contributed by atoms with Crippen LogP contribution >= 0.6 is 11.8 Å². The minimum absolute atomic E-state index is 0.187. The van der Waals surface area contributed by atoms with Crippen LogP contribution in [0.1, 0.15) is 52.7 Å². The van der Waals surface area contributed by atoms with E-state index in [1.807, 2.05) is 18.0 Å². The van der Waals surface area contributed by atoms with Crippen LogP contribution in [0.3, 0.4) is 0 Å². The van der Waals surface area contributed by atoms with Gasteiger partial charge in [0.25, 0.3) is 0 Å². The molecule has 0 saturated heterocycles. The molecule has 0 saturated carbocycles. The van der Waals surface area contributed by atoms with E-state index in [4.69, 9.17) is 9.97 Å². The maximum absolute atomic E-state index is 4.98. The van der Waals surface area contributed by atoms with Crippen LogP contribution in [-0.2, 0) is 12.8 Å². The lowest BCUT2D eigenvalue weighted by Gasteiger charge is -2.27. The second kappa shape index (κ2) is 7.80. The minimum atomic E-state index is 0.187. The highest BCUT2D eigenvalue weighted by molar-refractivity contribution is 8.00. The zero-order chi connectivity index (χ0) is 24.5. The summed E-state index contributed by atoms with van der Waals surface area (Å²) >= 11 is 1.91. The summed E-state index contributed by atoms with van der Waals surface area (Å²) in [6.07, 6.45) is 6.08. The number of rotatable bonds is 2. The van der Waals surface area contributed by atoms with Crippen molar-refractivity contribution in [3.05, 3.63) is 72.1 Å². The molecule has 3 heteroatoms. The van der Waals surface area contributed by atoms with Gasteiger partial charge in [-0.3, -0.25) is 9.97 Å². The van der Waals surface area contributed by atoms with Crippen LogP contribution in [-0.4, -0.2) is 9.97 Å². The summed E-state index contributed by atoms with van der Waals surface area (Å²) in [5, 5.41) is 6.41. The van der Waals surface area contributed by atoms with Crippen LogP contribution in [0, 0.1) is 10.8 Å². The van der Waals surface area contributed by atoms with Crippen molar-refractivity contribution in [3.63, 3.8) is 0 Å². The first-order valence-electron chi connectivity index (χ1n) is 12.5. The molecule has 1 aliphatic rings. The Morgan fingerprint density at radius 2 is 1.54 bits per heavy atom. The third-order valence-electron chi connectivity index (χ3n) is 6.74. The van der Waals surface area contributed by atoms with Gasteiger partial charge in [0, 0.05) is 38.5 Å². The van der Waals surface area contributed by atoms with E-state index in [2.05, 4.69) is 96.3 Å². The largest absolute Gasteiger partial charge is 0.256 e. The molecule has 0 amide bonds. The molecule has 0 atom stereocenters. The summed E-state index contributed by atoms with van der Waals surface area (Å²) in [7, 11) is 0. The molecule has 0 bridgehead atoms. The van der Waals surface area contributed by atoms with E-state index in [0.29, 0.717) is 0 Å². The van der Waals surface area contributed by atoms with Crippen LogP contribution in [0.2, 0.25) is 0 Å². The van der Waals surface area contributed by atoms with E-state index < -0.39 is 0 Å². The van der Waals surface area contributed by atoms with Gasteiger partial charge in [0.15, 0.2) is 0 Å². The molecule has 0 unspecified atom stereocenters. The summed E-state index contributed by atoms with van der Waals surface area (Å²) in [6.45, 7) is 13.8. The van der Waals surface area contributed by atoms with E-state index in [1.165, 1.54) is 53.4 Å². The van der Waals surface area contributed by atoms with Gasteiger partial charge in [-0.1, -0.05) is 77.6 Å². The highest BCUT2D eigenvalue weighted by atomic mass is 32.2. The molecule has 5 aromatic rings. The Kier molecular flexibility index (Phi) is 5.02. The summed E-state index contributed by atoms with van der Waals surface area (Å²) in [5.41, 5.74) is 6.58. The topological polar surface area (TPSA) is 25.8 Å². The fourth-order valence-corrected chi connectivity index (χ4v) is 6.76. The van der Waals surface area contributed by atoms with Crippen LogP contribution in [0.15, 0.2) is 70.7 Å². The van der Waals surface area contributed by atoms with Crippen LogP contribution < -0.4 is 0 Å². The zero-order valence-electron chi connectivity index (χ0n) is 21.5. The van der Waals surface area contributed by atoms with Crippen LogP contribution in [0.25, 0.3) is 43.7 Å². The van der Waals surface area contributed by atoms with Gasteiger partial charge >= 0.3 is 0 Å². The molecule has 3 aromatic carbocycles. The standard InChI is InChI=1S/C32H32N2S/c1-31(2,3)16-19-13-23-22-11-12-33-29-24-14-20-9-7-8-10-21(20)25(17-32(4,5)6)30(24)35-27(28(22)29)15-26(23)34-18-19/h7-15,18H,16-17H2,1-6H3. The van der Waals surface area contributed by atoms with Crippen molar-refractivity contribution in [2.75, 3.05) is 0 Å². The lowest BCUT2D eigenvalue weighted by molar-refractivity contribution is 0.410. The zero-order valence-corrected chi connectivity index (χ0v) is 22.3. The monoisotopic (exact) mass is 476 g/mol. The molecule has 2 aromatic heterocycles. The van der Waals surface area contributed by atoms with Gasteiger partial charge in [-0.25, -0.2) is 0 Å². The molecule has 0 fully saturated rings. The maximum Gasteiger partial charge on any atom is 0.0803 e. The van der Waals surface area contributed by atoms with E-state index in [-0.39, 0.29) is 10.8 Å². The summed E-state index contributed by atoms with van der Waals surface area (Å²) in [5.74, 6) is 0. The molecule has 0 aliphatic carbocycles. The Bertz CT molecular complexity index is 1630. The normalized spacial score (nSPS) is 13.5. The third kappa shape index (κ3) is 4.00. The lowest BCUT2D eigenvalue weighted by atomic mass is 9.84. The molecule has 1 aliphatic heterocycles. The van der Waals surface area contributed by atoms with E-state index in [1.54, 1.807) is 0 Å². The van der Waals surface area contributed by atoms with Gasteiger partial charge in [0.2, 0.25) is 0 Å². The van der Waals surface area contributed by atoms with Crippen LogP contribution in [0.4, 0.5) is 0 Å². The van der Waals surface area contributed by atoms with Crippen molar-refractivity contribution in [1.29, 1.82) is 0 Å². The molecule has 0 N–H and O–H groups in total. The molecular weight excluding hydrogens is 444 g/mol. The Hall–Kier alpha value is -2.91.